The lowest BCUT2D eigenvalue weighted by Gasteiger charge is -2.24. The van der Waals surface area contributed by atoms with E-state index in [1.165, 1.54) is 0 Å². The normalized spacial score (nSPS) is 12.2. The minimum atomic E-state index is -3.34. The minimum absolute atomic E-state index is 0.151. The maximum Gasteiger partial charge on any atom is 0.255 e. The lowest BCUT2D eigenvalue weighted by Crippen LogP contribution is -2.15. The van der Waals surface area contributed by atoms with Gasteiger partial charge in [0.05, 0.1) is 13.4 Å². The predicted molar refractivity (Wildman–Crippen MR) is 136 cm³/mol. The summed E-state index contributed by atoms with van der Waals surface area (Å²) in [7, 11) is -1.69. The number of H-pyrrole nitrogens is 1. The summed E-state index contributed by atoms with van der Waals surface area (Å²) in [4.78, 5) is 15.2. The Balaban J connectivity index is 2.12. The van der Waals surface area contributed by atoms with Crippen molar-refractivity contribution in [1.29, 1.82) is 0 Å². The zero-order valence-electron chi connectivity index (χ0n) is 19.8. The number of anilines is 1. The highest BCUT2D eigenvalue weighted by Crippen LogP contribution is 2.38. The van der Waals surface area contributed by atoms with Gasteiger partial charge in [0.2, 0.25) is 10.0 Å². The molecule has 0 unspecified atom stereocenters. The first-order valence-electron chi connectivity index (χ1n) is 10.6. The van der Waals surface area contributed by atoms with Crippen molar-refractivity contribution in [3.8, 4) is 16.9 Å². The SMILES string of the molecule is COc1c(/C=C/c2ccc(NS(C)(=O)=O)cc2C)cc(-c2ccc[nH]c2=O)cc1C(C)(C)C. The van der Waals surface area contributed by atoms with Gasteiger partial charge < -0.3 is 9.72 Å². The molecular formula is C26H30N2O4S. The Bertz CT molecular complexity index is 1360. The monoisotopic (exact) mass is 466 g/mol. The summed E-state index contributed by atoms with van der Waals surface area (Å²) < 4.78 is 31.3. The number of aryl methyl sites for hydroxylation is 1. The smallest absolute Gasteiger partial charge is 0.255 e. The van der Waals surface area contributed by atoms with Crippen LogP contribution in [0.15, 0.2) is 53.5 Å². The Labute approximate surface area is 195 Å². The topological polar surface area (TPSA) is 88.3 Å². The maximum atomic E-state index is 12.4. The van der Waals surface area contributed by atoms with Crippen molar-refractivity contribution in [2.45, 2.75) is 33.1 Å². The second kappa shape index (κ2) is 9.27. The summed E-state index contributed by atoms with van der Waals surface area (Å²) in [5, 5.41) is 0. The Kier molecular flexibility index (Phi) is 6.84. The number of hydrogen-bond acceptors (Lipinski definition) is 4. The molecule has 0 atom stereocenters. The Morgan fingerprint density at radius 1 is 1.03 bits per heavy atom. The summed E-state index contributed by atoms with van der Waals surface area (Å²) in [6, 6.07) is 13.0. The van der Waals surface area contributed by atoms with E-state index < -0.39 is 10.0 Å². The number of aromatic amines is 1. The van der Waals surface area contributed by atoms with E-state index in [1.54, 1.807) is 31.5 Å². The summed E-state index contributed by atoms with van der Waals surface area (Å²) in [5.41, 5.74) is 5.27. The third-order valence-corrected chi connectivity index (χ3v) is 5.88. The number of sulfonamides is 1. The number of benzene rings is 2. The largest absolute Gasteiger partial charge is 0.496 e. The van der Waals surface area contributed by atoms with Crippen LogP contribution in [0.5, 0.6) is 5.75 Å². The second-order valence-electron chi connectivity index (χ2n) is 9.09. The van der Waals surface area contributed by atoms with Crippen LogP contribution in [0.3, 0.4) is 0 Å². The molecule has 0 fully saturated rings. The molecule has 6 nitrogen and oxygen atoms in total. The van der Waals surface area contributed by atoms with Crippen molar-refractivity contribution >= 4 is 27.9 Å². The Morgan fingerprint density at radius 2 is 1.73 bits per heavy atom. The molecule has 0 spiro atoms. The molecule has 2 N–H and O–H groups in total. The fourth-order valence-corrected chi connectivity index (χ4v) is 4.24. The lowest BCUT2D eigenvalue weighted by molar-refractivity contribution is 0.397. The van der Waals surface area contributed by atoms with Crippen LogP contribution >= 0.6 is 0 Å². The summed E-state index contributed by atoms with van der Waals surface area (Å²) in [6.45, 7) is 8.24. The van der Waals surface area contributed by atoms with Crippen LogP contribution in [0.4, 0.5) is 5.69 Å². The van der Waals surface area contributed by atoms with E-state index in [-0.39, 0.29) is 11.0 Å². The van der Waals surface area contributed by atoms with E-state index in [9.17, 15) is 13.2 Å². The van der Waals surface area contributed by atoms with Crippen molar-refractivity contribution in [2.75, 3.05) is 18.1 Å². The quantitative estimate of drug-likeness (QED) is 0.489. The molecule has 3 aromatic rings. The Hall–Kier alpha value is -3.32. The van der Waals surface area contributed by atoms with Crippen LogP contribution in [0.25, 0.3) is 23.3 Å². The molecule has 0 amide bonds. The van der Waals surface area contributed by atoms with Gasteiger partial charge in [-0.3, -0.25) is 9.52 Å². The molecule has 0 aliphatic heterocycles. The molecule has 33 heavy (non-hydrogen) atoms. The van der Waals surface area contributed by atoms with Crippen molar-refractivity contribution in [3.05, 3.63) is 81.3 Å². The van der Waals surface area contributed by atoms with Gasteiger partial charge in [0.25, 0.3) is 5.56 Å². The molecule has 1 heterocycles. The second-order valence-corrected chi connectivity index (χ2v) is 10.8. The van der Waals surface area contributed by atoms with Crippen LogP contribution in [0.1, 0.15) is 43.0 Å². The zero-order chi connectivity index (χ0) is 24.4. The molecule has 0 aliphatic rings. The number of aromatic nitrogens is 1. The summed E-state index contributed by atoms with van der Waals surface area (Å²) in [6.07, 6.45) is 6.66. The van der Waals surface area contributed by atoms with Gasteiger partial charge in [-0.05, 0) is 65.4 Å². The highest BCUT2D eigenvalue weighted by atomic mass is 32.2. The van der Waals surface area contributed by atoms with Crippen molar-refractivity contribution in [2.24, 2.45) is 0 Å². The maximum absolute atomic E-state index is 12.4. The fourth-order valence-electron chi connectivity index (χ4n) is 3.68. The van der Waals surface area contributed by atoms with Crippen molar-refractivity contribution in [3.63, 3.8) is 0 Å². The van der Waals surface area contributed by atoms with Gasteiger partial charge in [-0.2, -0.15) is 0 Å². The first-order valence-corrected chi connectivity index (χ1v) is 12.5. The van der Waals surface area contributed by atoms with Crippen molar-refractivity contribution < 1.29 is 13.2 Å². The molecule has 2 aromatic carbocycles. The molecule has 174 valence electrons. The third kappa shape index (κ3) is 5.93. The van der Waals surface area contributed by atoms with E-state index >= 15 is 0 Å². The first-order chi connectivity index (χ1) is 15.4. The number of rotatable bonds is 6. The number of nitrogens with one attached hydrogen (secondary N) is 2. The average Bonchev–Trinajstić information content (AvgIpc) is 2.71. The molecule has 7 heteroatoms. The van der Waals surface area contributed by atoms with E-state index in [4.69, 9.17) is 4.74 Å². The van der Waals surface area contributed by atoms with Gasteiger partial charge in [0.15, 0.2) is 0 Å². The third-order valence-electron chi connectivity index (χ3n) is 5.27. The number of ether oxygens (including phenoxy) is 1. The molecule has 0 saturated heterocycles. The molecule has 1 aromatic heterocycles. The van der Waals surface area contributed by atoms with Gasteiger partial charge in [0, 0.05) is 28.6 Å². The number of methoxy groups -OCH3 is 1. The van der Waals surface area contributed by atoms with Crippen LogP contribution in [-0.2, 0) is 15.4 Å². The van der Waals surface area contributed by atoms with Crippen LogP contribution in [-0.4, -0.2) is 26.8 Å². The summed E-state index contributed by atoms with van der Waals surface area (Å²) in [5.74, 6) is 0.753. The highest BCUT2D eigenvalue weighted by Gasteiger charge is 2.22. The first kappa shape index (κ1) is 24.3. The highest BCUT2D eigenvalue weighted by molar-refractivity contribution is 7.92. The van der Waals surface area contributed by atoms with Gasteiger partial charge >= 0.3 is 0 Å². The van der Waals surface area contributed by atoms with E-state index in [1.807, 2.05) is 43.3 Å². The molecule has 0 radical (unpaired) electrons. The van der Waals surface area contributed by atoms with Gasteiger partial charge in [-0.25, -0.2) is 8.42 Å². The van der Waals surface area contributed by atoms with E-state index in [0.29, 0.717) is 11.3 Å². The van der Waals surface area contributed by atoms with Crippen LogP contribution < -0.4 is 15.0 Å². The Morgan fingerprint density at radius 3 is 2.30 bits per heavy atom. The van der Waals surface area contributed by atoms with Crippen LogP contribution in [0.2, 0.25) is 0 Å². The fraction of sp³-hybridized carbons (Fsp3) is 0.269. The van der Waals surface area contributed by atoms with Gasteiger partial charge in [0.1, 0.15) is 5.75 Å². The average molecular weight is 467 g/mol. The molecule has 0 bridgehead atoms. The number of hydrogen-bond donors (Lipinski definition) is 2. The van der Waals surface area contributed by atoms with Crippen molar-refractivity contribution in [1.82, 2.24) is 4.98 Å². The van der Waals surface area contributed by atoms with Gasteiger partial charge in [-0.1, -0.05) is 39.0 Å². The lowest BCUT2D eigenvalue weighted by atomic mass is 9.83. The number of pyridine rings is 1. The van der Waals surface area contributed by atoms with E-state index in [2.05, 4.69) is 30.5 Å². The predicted octanol–water partition coefficient (Wildman–Crippen LogP) is 5.20. The molecule has 3 rings (SSSR count). The van der Waals surface area contributed by atoms with Crippen LogP contribution in [0, 0.1) is 6.92 Å². The standard InChI is InChI=1S/C26H30N2O4S/c1-17-14-21(28-33(6,30)31)12-11-18(17)9-10-19-15-20(22-8-7-13-27-25(22)29)16-23(24(19)32-5)26(2,3)4/h7-16,28H,1-6H3,(H,27,29)/b10-9+. The molecular weight excluding hydrogens is 436 g/mol. The van der Waals surface area contributed by atoms with Gasteiger partial charge in [-0.15, -0.1) is 0 Å². The molecule has 0 aliphatic carbocycles. The zero-order valence-corrected chi connectivity index (χ0v) is 20.6. The minimum Gasteiger partial charge on any atom is -0.496 e. The summed E-state index contributed by atoms with van der Waals surface area (Å²) >= 11 is 0. The van der Waals surface area contributed by atoms with E-state index in [0.717, 1.165) is 39.8 Å². The molecule has 0 saturated carbocycles.